The lowest BCUT2D eigenvalue weighted by Crippen LogP contribution is -1.98. The zero-order valence-corrected chi connectivity index (χ0v) is 25.7. The maximum atomic E-state index is 12.8. The molecule has 0 spiro atoms. The summed E-state index contributed by atoms with van der Waals surface area (Å²) in [6, 6.07) is 20.7. The number of anilines is 1. The molecule has 0 aromatic heterocycles. The number of non-ortho nitro benzene ring substituents is 1. The van der Waals surface area contributed by atoms with Crippen LogP contribution in [0.15, 0.2) is 131 Å². The number of nitro groups is 1. The van der Waals surface area contributed by atoms with Crippen molar-refractivity contribution in [2.75, 3.05) is 12.0 Å². The monoisotopic (exact) mass is 674 g/mol. The average molecular weight is 675 g/mol. The number of azo groups is 3. The summed E-state index contributed by atoms with van der Waals surface area (Å²) < 4.78 is 57.0. The Labute approximate surface area is 266 Å². The molecule has 0 heterocycles. The van der Waals surface area contributed by atoms with Gasteiger partial charge in [0.05, 0.1) is 43.2 Å². The van der Waals surface area contributed by atoms with E-state index >= 15 is 0 Å². The number of phenols is 1. The van der Waals surface area contributed by atoms with Crippen LogP contribution in [0, 0.1) is 10.1 Å². The number of phenolic OH excluding ortho intramolecular Hbond substituents is 1. The molecule has 0 aliphatic carbocycles. The second-order valence-corrected chi connectivity index (χ2v) is 13.2. The Morgan fingerprint density at radius 2 is 1.11 bits per heavy atom. The van der Waals surface area contributed by atoms with Gasteiger partial charge in [0.1, 0.15) is 11.4 Å². The van der Waals surface area contributed by atoms with E-state index < -0.39 is 30.6 Å². The summed E-state index contributed by atoms with van der Waals surface area (Å²) in [6.45, 7) is 0. The molecule has 4 N–H and O–H groups in total. The van der Waals surface area contributed by atoms with Crippen LogP contribution >= 0.6 is 0 Å². The first-order chi connectivity index (χ1) is 22.2. The van der Waals surface area contributed by atoms with Crippen LogP contribution in [0.3, 0.4) is 0 Å². The Kier molecular flexibility index (Phi) is 8.82. The van der Waals surface area contributed by atoms with Gasteiger partial charge < -0.3 is 10.8 Å². The molecule has 0 saturated carbocycles. The molecule has 5 aromatic rings. The van der Waals surface area contributed by atoms with Gasteiger partial charge in [0.25, 0.3) is 15.8 Å². The Morgan fingerprint density at radius 3 is 1.57 bits per heavy atom. The van der Waals surface area contributed by atoms with Gasteiger partial charge in [-0.2, -0.15) is 28.9 Å². The molecule has 0 fully saturated rings. The van der Waals surface area contributed by atoms with Gasteiger partial charge >= 0.3 is 0 Å². The molecule has 0 atom stereocenters. The number of sulfone groups is 1. The number of hydrogen-bond acceptors (Lipinski definition) is 14. The highest BCUT2D eigenvalue weighted by Gasteiger charge is 2.22. The Bertz CT molecular complexity index is 2330. The smallest absolute Gasteiger partial charge is 0.294 e. The fourth-order valence-corrected chi connectivity index (χ4v) is 5.46. The molecule has 0 aliphatic heterocycles. The van der Waals surface area contributed by atoms with Crippen LogP contribution in [0.25, 0.3) is 10.8 Å². The van der Waals surface area contributed by atoms with Crippen molar-refractivity contribution in [3.8, 4) is 5.75 Å². The minimum atomic E-state index is -4.33. The molecule has 0 amide bonds. The molecule has 0 bridgehead atoms. The number of aromatic hydroxyl groups is 1. The van der Waals surface area contributed by atoms with Crippen molar-refractivity contribution in [3.63, 3.8) is 0 Å². The van der Waals surface area contributed by atoms with E-state index in [4.69, 9.17) is 10.3 Å². The van der Waals surface area contributed by atoms with E-state index in [1.54, 1.807) is 12.1 Å². The predicted molar refractivity (Wildman–Crippen MR) is 171 cm³/mol. The van der Waals surface area contributed by atoms with E-state index in [1.165, 1.54) is 78.9 Å². The van der Waals surface area contributed by atoms with E-state index in [0.29, 0.717) is 11.4 Å². The topological polar surface area (TPSA) is 252 Å². The van der Waals surface area contributed by atoms with Crippen LogP contribution in [0.1, 0.15) is 0 Å². The number of hydrogen-bond donors (Lipinski definition) is 3. The summed E-state index contributed by atoms with van der Waals surface area (Å²) in [5, 5.41) is 46.8. The van der Waals surface area contributed by atoms with Gasteiger partial charge in [0.15, 0.2) is 15.6 Å². The third-order valence-electron chi connectivity index (χ3n) is 6.49. The lowest BCUT2D eigenvalue weighted by molar-refractivity contribution is -0.384. The SMILES string of the molecule is CS(=O)(=O)c1cc2c(/N=N\c3ccc([N+](=O)[O-])cc3)c(N)ccc2c(O)c1/N=N\c1ccc(/N=N\c2ccc(S(=O)(=O)O)cc2)cc1. The third kappa shape index (κ3) is 7.47. The summed E-state index contributed by atoms with van der Waals surface area (Å²) in [6.07, 6.45) is 0.938. The Hall–Kier alpha value is -5.98. The average Bonchev–Trinajstić information content (AvgIpc) is 3.02. The van der Waals surface area contributed by atoms with E-state index in [9.17, 15) is 32.1 Å². The van der Waals surface area contributed by atoms with Gasteiger partial charge in [-0.25, -0.2) is 8.42 Å². The number of fused-ring (bicyclic) bond motifs is 1. The molecule has 18 heteroatoms. The number of nitrogens with two attached hydrogens (primary N) is 1. The van der Waals surface area contributed by atoms with Gasteiger partial charge in [0, 0.05) is 29.2 Å². The standard InChI is InChI=1S/C29H22N8O8S2/c1-46(41,42)26-16-24-23(14-15-25(30)27(24)35-33-19-6-10-21(11-7-19)37(39)40)29(38)28(26)36-34-18-4-2-17(3-5-18)31-32-20-8-12-22(13-9-20)47(43,44)45/h2-16,38H,30H2,1H3,(H,43,44,45)/b32-31-,35-33-,36-34-. The quantitative estimate of drug-likeness (QED) is 0.0450. The highest BCUT2D eigenvalue weighted by Crippen LogP contribution is 2.46. The van der Waals surface area contributed by atoms with Gasteiger partial charge in [-0.15, -0.1) is 10.2 Å². The number of nitrogens with zero attached hydrogens (tertiary/aromatic N) is 7. The maximum absolute atomic E-state index is 12.8. The molecule has 0 saturated heterocycles. The number of benzene rings is 5. The van der Waals surface area contributed by atoms with Crippen LogP contribution in [-0.2, 0) is 20.0 Å². The van der Waals surface area contributed by atoms with Crippen molar-refractivity contribution >= 4 is 76.2 Å². The summed E-state index contributed by atoms with van der Waals surface area (Å²) in [5.41, 5.74) is 7.15. The maximum Gasteiger partial charge on any atom is 0.294 e. The molecule has 0 unspecified atom stereocenters. The minimum absolute atomic E-state index is 0.0590. The Morgan fingerprint density at radius 1 is 0.660 bits per heavy atom. The molecule has 5 aromatic carbocycles. The van der Waals surface area contributed by atoms with Gasteiger partial charge in [-0.1, -0.05) is 0 Å². The van der Waals surface area contributed by atoms with E-state index in [2.05, 4.69) is 30.7 Å². The van der Waals surface area contributed by atoms with Crippen LogP contribution in [-0.4, -0.2) is 37.7 Å². The minimum Gasteiger partial charge on any atom is -0.505 e. The van der Waals surface area contributed by atoms with Crippen molar-refractivity contribution in [2.45, 2.75) is 9.79 Å². The molecule has 16 nitrogen and oxygen atoms in total. The van der Waals surface area contributed by atoms with Crippen molar-refractivity contribution < 1.29 is 31.4 Å². The third-order valence-corrected chi connectivity index (χ3v) is 8.47. The van der Waals surface area contributed by atoms with Gasteiger partial charge in [0.2, 0.25) is 0 Å². The van der Waals surface area contributed by atoms with Gasteiger partial charge in [-0.3, -0.25) is 14.7 Å². The van der Waals surface area contributed by atoms with Crippen LogP contribution in [0.2, 0.25) is 0 Å². The summed E-state index contributed by atoms with van der Waals surface area (Å²) in [7, 11) is -8.31. The largest absolute Gasteiger partial charge is 0.505 e. The predicted octanol–water partition coefficient (Wildman–Crippen LogP) is 7.93. The normalized spacial score (nSPS) is 12.5. The summed E-state index contributed by atoms with van der Waals surface area (Å²) in [5.74, 6) is -0.496. The zero-order chi connectivity index (χ0) is 33.9. The first kappa shape index (κ1) is 32.4. The second kappa shape index (κ2) is 12.8. The molecule has 0 radical (unpaired) electrons. The van der Waals surface area contributed by atoms with Crippen molar-refractivity contribution in [1.29, 1.82) is 0 Å². The van der Waals surface area contributed by atoms with Crippen LogP contribution in [0.5, 0.6) is 5.75 Å². The van der Waals surface area contributed by atoms with E-state index in [-0.39, 0.29) is 54.7 Å². The van der Waals surface area contributed by atoms with Crippen molar-refractivity contribution in [2.24, 2.45) is 30.7 Å². The summed E-state index contributed by atoms with van der Waals surface area (Å²) in [4.78, 5) is 9.73. The Balaban J connectivity index is 1.45. The first-order valence-electron chi connectivity index (χ1n) is 13.2. The molecular formula is C29H22N8O8S2. The fourth-order valence-electron chi connectivity index (χ4n) is 4.15. The molecule has 47 heavy (non-hydrogen) atoms. The molecule has 5 rings (SSSR count). The summed E-state index contributed by atoms with van der Waals surface area (Å²) >= 11 is 0. The zero-order valence-electron chi connectivity index (χ0n) is 24.0. The molecular weight excluding hydrogens is 653 g/mol. The van der Waals surface area contributed by atoms with E-state index in [0.717, 1.165) is 6.26 Å². The van der Waals surface area contributed by atoms with E-state index in [1.807, 2.05) is 0 Å². The highest BCUT2D eigenvalue weighted by molar-refractivity contribution is 7.90. The first-order valence-corrected chi connectivity index (χ1v) is 16.5. The second-order valence-electron chi connectivity index (χ2n) is 9.80. The van der Waals surface area contributed by atoms with Crippen LogP contribution in [0.4, 0.5) is 45.5 Å². The molecule has 0 aliphatic rings. The van der Waals surface area contributed by atoms with Crippen molar-refractivity contribution in [3.05, 3.63) is 101 Å². The van der Waals surface area contributed by atoms with Crippen LogP contribution < -0.4 is 5.73 Å². The lowest BCUT2D eigenvalue weighted by atomic mass is 10.1. The molecule has 238 valence electrons. The fraction of sp³-hybridized carbons (Fsp3) is 0.0345. The van der Waals surface area contributed by atoms with Gasteiger partial charge in [-0.05, 0) is 78.9 Å². The lowest BCUT2D eigenvalue weighted by Gasteiger charge is -2.12. The highest BCUT2D eigenvalue weighted by atomic mass is 32.2. The number of nitro benzene ring substituents is 1. The number of nitrogen functional groups attached to an aromatic ring is 1. The van der Waals surface area contributed by atoms with Crippen molar-refractivity contribution in [1.82, 2.24) is 0 Å². The number of rotatable bonds is 9.